The Morgan fingerprint density at radius 3 is 3.00 bits per heavy atom. The van der Waals surface area contributed by atoms with E-state index in [9.17, 15) is 9.18 Å². The van der Waals surface area contributed by atoms with Crippen molar-refractivity contribution in [2.45, 2.75) is 25.6 Å². The number of nitrogens with zero attached hydrogens (tertiary/aromatic N) is 2. The van der Waals surface area contributed by atoms with Crippen LogP contribution in [0.1, 0.15) is 22.6 Å². The first-order valence-electron chi connectivity index (χ1n) is 7.85. The molecule has 1 aromatic carbocycles. The van der Waals surface area contributed by atoms with E-state index in [0.717, 1.165) is 12.2 Å². The zero-order chi connectivity index (χ0) is 16.0. The zero-order valence-corrected chi connectivity index (χ0v) is 12.9. The van der Waals surface area contributed by atoms with Gasteiger partial charge in [0.15, 0.2) is 0 Å². The molecule has 0 radical (unpaired) electrons. The number of likely N-dealkylation sites (tertiary alicyclic amines) is 1. The molecule has 118 valence electrons. The average molecular weight is 311 g/mol. The first kappa shape index (κ1) is 14.3. The van der Waals surface area contributed by atoms with Gasteiger partial charge in [0.2, 0.25) is 0 Å². The number of rotatable bonds is 3. The van der Waals surface area contributed by atoms with E-state index in [1.54, 1.807) is 0 Å². The van der Waals surface area contributed by atoms with Gasteiger partial charge in [-0.2, -0.15) is 4.99 Å². The molecule has 5 heteroatoms. The molecule has 4 nitrogen and oxygen atoms in total. The van der Waals surface area contributed by atoms with Crippen LogP contribution in [0.15, 0.2) is 47.1 Å². The molecule has 1 saturated heterocycles. The third kappa shape index (κ3) is 2.61. The summed E-state index contributed by atoms with van der Waals surface area (Å²) in [7, 11) is 0. The first-order chi connectivity index (χ1) is 11.1. The molecule has 23 heavy (non-hydrogen) atoms. The molecule has 3 aliphatic rings. The molecule has 4 rings (SSSR count). The van der Waals surface area contributed by atoms with Crippen molar-refractivity contribution in [1.29, 1.82) is 0 Å². The molecule has 2 aliphatic heterocycles. The molecule has 0 saturated carbocycles. The number of allylic oxidation sites excluding steroid dienone is 3. The van der Waals surface area contributed by atoms with Crippen LogP contribution >= 0.6 is 0 Å². The molecule has 1 aliphatic carbocycles. The molecule has 1 fully saturated rings. The maximum atomic E-state index is 13.0. The minimum atomic E-state index is -0.673. The normalized spacial score (nSPS) is 23.9. The number of alkyl halides is 1. The molecule has 1 aromatic rings. The van der Waals surface area contributed by atoms with E-state index in [4.69, 9.17) is 0 Å². The quantitative estimate of drug-likeness (QED) is 0.933. The Morgan fingerprint density at radius 2 is 2.22 bits per heavy atom. The number of amides is 2. The van der Waals surface area contributed by atoms with Gasteiger partial charge in [0.25, 0.3) is 0 Å². The Balaban J connectivity index is 1.59. The van der Waals surface area contributed by atoms with Gasteiger partial charge in [0.1, 0.15) is 6.17 Å². The monoisotopic (exact) mass is 311 g/mol. The minimum Gasteiger partial charge on any atom is -0.304 e. The van der Waals surface area contributed by atoms with E-state index in [1.165, 1.54) is 16.7 Å². The van der Waals surface area contributed by atoms with Crippen LogP contribution in [-0.2, 0) is 6.54 Å². The average Bonchev–Trinajstić information content (AvgIpc) is 2.86. The Hall–Kier alpha value is -2.27. The van der Waals surface area contributed by atoms with E-state index in [2.05, 4.69) is 40.3 Å². The van der Waals surface area contributed by atoms with Crippen molar-refractivity contribution >= 4 is 11.7 Å². The zero-order valence-electron chi connectivity index (χ0n) is 12.9. The molecule has 0 bridgehead atoms. The van der Waals surface area contributed by atoms with Crippen LogP contribution in [0.4, 0.5) is 9.18 Å². The summed E-state index contributed by atoms with van der Waals surface area (Å²) in [6.45, 7) is 3.96. The van der Waals surface area contributed by atoms with Gasteiger partial charge in [0, 0.05) is 25.6 Å². The Bertz CT molecular complexity index is 760. The Kier molecular flexibility index (Phi) is 3.38. The van der Waals surface area contributed by atoms with Gasteiger partial charge in [-0.15, -0.1) is 0 Å². The predicted octanol–water partition coefficient (Wildman–Crippen LogP) is 2.85. The second-order valence-corrected chi connectivity index (χ2v) is 6.32. The number of benzene rings is 1. The third-order valence-corrected chi connectivity index (χ3v) is 4.70. The lowest BCUT2D eigenvalue weighted by molar-refractivity contribution is 0.0589. The highest BCUT2D eigenvalue weighted by atomic mass is 19.1. The molecular formula is C18H18FN3O. The van der Waals surface area contributed by atoms with Crippen LogP contribution in [0, 0.1) is 6.92 Å². The van der Waals surface area contributed by atoms with Crippen molar-refractivity contribution in [2.75, 3.05) is 13.1 Å². The van der Waals surface area contributed by atoms with Gasteiger partial charge in [-0.1, -0.05) is 24.3 Å². The van der Waals surface area contributed by atoms with Crippen molar-refractivity contribution in [3.8, 4) is 0 Å². The molecule has 1 unspecified atom stereocenters. The van der Waals surface area contributed by atoms with Gasteiger partial charge >= 0.3 is 6.03 Å². The maximum Gasteiger partial charge on any atom is 0.346 e. The Morgan fingerprint density at radius 1 is 1.39 bits per heavy atom. The number of hydrogen-bond acceptors (Lipinski definition) is 2. The standard InChI is InChI=1S/C18H18FN3O/c1-11-13(8-22-9-14(19)10-22)3-2-4-15(11)12-5-6-16-17(7-12)21-18(23)20-16/h2-7,12,14H,8-10H2,1H3,(H,21,23). The molecular weight excluding hydrogens is 293 g/mol. The summed E-state index contributed by atoms with van der Waals surface area (Å²) in [5.74, 6) is 0.118. The summed E-state index contributed by atoms with van der Waals surface area (Å²) in [5, 5.41) is 2.76. The van der Waals surface area contributed by atoms with Crippen LogP contribution in [0.2, 0.25) is 0 Å². The number of fused-ring (bicyclic) bond motifs is 1. The van der Waals surface area contributed by atoms with Crippen molar-refractivity contribution in [3.63, 3.8) is 0 Å². The van der Waals surface area contributed by atoms with Crippen LogP contribution in [0.3, 0.4) is 0 Å². The minimum absolute atomic E-state index is 0.118. The van der Waals surface area contributed by atoms with Gasteiger partial charge in [-0.25, -0.2) is 9.18 Å². The number of hydrogen-bond donors (Lipinski definition) is 1. The molecule has 0 spiro atoms. The molecule has 2 amide bonds. The van der Waals surface area contributed by atoms with Gasteiger partial charge in [-0.05, 0) is 35.8 Å². The van der Waals surface area contributed by atoms with Gasteiger partial charge in [-0.3, -0.25) is 4.90 Å². The van der Waals surface area contributed by atoms with Crippen LogP contribution in [0.25, 0.3) is 0 Å². The fourth-order valence-corrected chi connectivity index (χ4v) is 3.37. The lowest BCUT2D eigenvalue weighted by Crippen LogP contribution is -2.47. The number of halogens is 1. The van der Waals surface area contributed by atoms with Crippen molar-refractivity contribution in [2.24, 2.45) is 4.99 Å². The molecule has 1 N–H and O–H groups in total. The highest BCUT2D eigenvalue weighted by Gasteiger charge is 2.27. The summed E-state index contributed by atoms with van der Waals surface area (Å²) >= 11 is 0. The summed E-state index contributed by atoms with van der Waals surface area (Å²) < 4.78 is 13.0. The number of nitrogens with one attached hydrogen (secondary N) is 1. The molecule has 0 aromatic heterocycles. The van der Waals surface area contributed by atoms with Crippen LogP contribution in [-0.4, -0.2) is 35.9 Å². The van der Waals surface area contributed by atoms with E-state index >= 15 is 0 Å². The number of carbonyl (C=O) groups excluding carboxylic acids is 1. The van der Waals surface area contributed by atoms with Crippen molar-refractivity contribution in [1.82, 2.24) is 10.2 Å². The fourth-order valence-electron chi connectivity index (χ4n) is 3.37. The SMILES string of the molecule is Cc1c(CN2CC(F)C2)cccc1C1C=CC2=NC(=O)NC2=C1. The van der Waals surface area contributed by atoms with E-state index in [1.807, 2.05) is 18.2 Å². The topological polar surface area (TPSA) is 44.7 Å². The molecule has 1 atom stereocenters. The lowest BCUT2D eigenvalue weighted by atomic mass is 9.88. The lowest BCUT2D eigenvalue weighted by Gasteiger charge is -2.35. The first-order valence-corrected chi connectivity index (χ1v) is 7.85. The largest absolute Gasteiger partial charge is 0.346 e. The molecule has 2 heterocycles. The maximum absolute atomic E-state index is 13.0. The summed E-state index contributed by atoms with van der Waals surface area (Å²) in [6, 6.07) is 5.96. The van der Waals surface area contributed by atoms with Gasteiger partial charge < -0.3 is 5.32 Å². The van der Waals surface area contributed by atoms with E-state index in [-0.39, 0.29) is 11.9 Å². The van der Waals surface area contributed by atoms with E-state index < -0.39 is 6.17 Å². The second-order valence-electron chi connectivity index (χ2n) is 6.32. The summed E-state index contributed by atoms with van der Waals surface area (Å²) in [6.07, 6.45) is 5.33. The number of aliphatic imine (C=N–C) groups is 1. The van der Waals surface area contributed by atoms with Crippen molar-refractivity contribution in [3.05, 3.63) is 58.8 Å². The fraction of sp³-hybridized carbons (Fsp3) is 0.333. The number of carbonyl (C=O) groups is 1. The Labute approximate surface area is 134 Å². The van der Waals surface area contributed by atoms with Crippen LogP contribution < -0.4 is 5.32 Å². The number of urea groups is 1. The van der Waals surface area contributed by atoms with Crippen LogP contribution in [0.5, 0.6) is 0 Å². The van der Waals surface area contributed by atoms with Gasteiger partial charge in [0.05, 0.1) is 11.4 Å². The highest BCUT2D eigenvalue weighted by Crippen LogP contribution is 2.30. The third-order valence-electron chi connectivity index (χ3n) is 4.70. The van der Waals surface area contributed by atoms with Crippen molar-refractivity contribution < 1.29 is 9.18 Å². The van der Waals surface area contributed by atoms with E-state index in [0.29, 0.717) is 18.8 Å². The highest BCUT2D eigenvalue weighted by molar-refractivity contribution is 6.19. The smallest absolute Gasteiger partial charge is 0.304 e. The second kappa shape index (κ2) is 5.42. The summed E-state index contributed by atoms with van der Waals surface area (Å²) in [5.41, 5.74) is 5.16. The predicted molar refractivity (Wildman–Crippen MR) is 87.3 cm³/mol. The summed E-state index contributed by atoms with van der Waals surface area (Å²) in [4.78, 5) is 17.4.